The van der Waals surface area contributed by atoms with E-state index in [9.17, 15) is 9.18 Å². The average Bonchev–Trinajstić information content (AvgIpc) is 2.45. The standard InChI is InChI=1S/C15H11FN2OS/c16-12-4-2-6-14(8-12)20-10-15(19)18-13-5-1-3-11(7-13)9-17/h1-8H,10H2,(H,18,19). The van der Waals surface area contributed by atoms with Gasteiger partial charge >= 0.3 is 0 Å². The van der Waals surface area contributed by atoms with E-state index >= 15 is 0 Å². The Hall–Kier alpha value is -2.32. The van der Waals surface area contributed by atoms with E-state index in [1.54, 1.807) is 36.4 Å². The van der Waals surface area contributed by atoms with E-state index in [1.807, 2.05) is 6.07 Å². The molecule has 0 saturated carbocycles. The largest absolute Gasteiger partial charge is 0.325 e. The maximum atomic E-state index is 13.0. The van der Waals surface area contributed by atoms with Crippen molar-refractivity contribution >= 4 is 23.4 Å². The smallest absolute Gasteiger partial charge is 0.234 e. The number of nitrogens with zero attached hydrogens (tertiary/aromatic N) is 1. The number of benzene rings is 2. The Kier molecular flexibility index (Phi) is 4.75. The molecule has 0 heterocycles. The number of hydrogen-bond donors (Lipinski definition) is 1. The molecule has 0 saturated heterocycles. The van der Waals surface area contributed by atoms with Gasteiger partial charge in [0, 0.05) is 10.6 Å². The topological polar surface area (TPSA) is 52.9 Å². The van der Waals surface area contributed by atoms with Crippen molar-refractivity contribution in [3.05, 3.63) is 59.9 Å². The van der Waals surface area contributed by atoms with Crippen LogP contribution in [0.3, 0.4) is 0 Å². The molecule has 2 rings (SSSR count). The molecule has 2 aromatic carbocycles. The van der Waals surface area contributed by atoms with Crippen LogP contribution < -0.4 is 5.32 Å². The predicted octanol–water partition coefficient (Wildman–Crippen LogP) is 3.43. The van der Waals surface area contributed by atoms with E-state index in [-0.39, 0.29) is 17.5 Å². The molecule has 1 N–H and O–H groups in total. The van der Waals surface area contributed by atoms with Gasteiger partial charge in [-0.1, -0.05) is 12.1 Å². The van der Waals surface area contributed by atoms with Crippen molar-refractivity contribution < 1.29 is 9.18 Å². The molecular formula is C15H11FN2OS. The van der Waals surface area contributed by atoms with E-state index in [2.05, 4.69) is 5.32 Å². The second kappa shape index (κ2) is 6.73. The number of rotatable bonds is 4. The zero-order valence-electron chi connectivity index (χ0n) is 10.5. The lowest BCUT2D eigenvalue weighted by molar-refractivity contribution is -0.113. The fraction of sp³-hybridized carbons (Fsp3) is 0.0667. The first-order chi connectivity index (χ1) is 9.67. The van der Waals surface area contributed by atoms with Gasteiger partial charge < -0.3 is 5.32 Å². The van der Waals surface area contributed by atoms with Gasteiger partial charge in [0.25, 0.3) is 0 Å². The Labute approximate surface area is 120 Å². The van der Waals surface area contributed by atoms with E-state index in [0.29, 0.717) is 16.1 Å². The monoisotopic (exact) mass is 286 g/mol. The van der Waals surface area contributed by atoms with E-state index in [0.717, 1.165) is 0 Å². The maximum absolute atomic E-state index is 13.0. The second-order valence-corrected chi connectivity index (χ2v) is 5.04. The second-order valence-electron chi connectivity index (χ2n) is 3.99. The zero-order valence-corrected chi connectivity index (χ0v) is 11.3. The van der Waals surface area contributed by atoms with Crippen LogP contribution in [-0.2, 0) is 4.79 Å². The maximum Gasteiger partial charge on any atom is 0.234 e. The minimum absolute atomic E-state index is 0.181. The Morgan fingerprint density at radius 2 is 2.05 bits per heavy atom. The summed E-state index contributed by atoms with van der Waals surface area (Å²) < 4.78 is 13.0. The lowest BCUT2D eigenvalue weighted by atomic mass is 10.2. The first-order valence-electron chi connectivity index (χ1n) is 5.86. The summed E-state index contributed by atoms with van der Waals surface area (Å²) in [4.78, 5) is 12.5. The molecule has 0 aliphatic rings. The van der Waals surface area contributed by atoms with Crippen LogP contribution in [-0.4, -0.2) is 11.7 Å². The summed E-state index contributed by atoms with van der Waals surface area (Å²) in [6, 6.07) is 14.8. The molecule has 0 aromatic heterocycles. The van der Waals surface area contributed by atoms with Crippen molar-refractivity contribution in [1.82, 2.24) is 0 Å². The van der Waals surface area contributed by atoms with Gasteiger partial charge in [0.15, 0.2) is 0 Å². The van der Waals surface area contributed by atoms with Crippen LogP contribution in [0.2, 0.25) is 0 Å². The molecule has 0 radical (unpaired) electrons. The van der Waals surface area contributed by atoms with Crippen LogP contribution in [0.1, 0.15) is 5.56 Å². The molecule has 0 unspecified atom stereocenters. The third-order valence-corrected chi connectivity index (χ3v) is 3.44. The molecule has 100 valence electrons. The number of carbonyl (C=O) groups is 1. The van der Waals surface area contributed by atoms with E-state index in [4.69, 9.17) is 5.26 Å². The fourth-order valence-electron chi connectivity index (χ4n) is 1.57. The number of amides is 1. The molecule has 20 heavy (non-hydrogen) atoms. The minimum atomic E-state index is -0.322. The fourth-order valence-corrected chi connectivity index (χ4v) is 2.31. The number of nitrogens with one attached hydrogen (secondary N) is 1. The van der Waals surface area contributed by atoms with Crippen molar-refractivity contribution in [2.45, 2.75) is 4.90 Å². The van der Waals surface area contributed by atoms with Crippen molar-refractivity contribution in [2.75, 3.05) is 11.1 Å². The first kappa shape index (κ1) is 14.1. The number of nitriles is 1. The van der Waals surface area contributed by atoms with Crippen molar-refractivity contribution in [2.24, 2.45) is 0 Å². The number of halogens is 1. The molecule has 0 bridgehead atoms. The summed E-state index contributed by atoms with van der Waals surface area (Å²) >= 11 is 1.25. The molecule has 0 fully saturated rings. The Morgan fingerprint density at radius 1 is 1.25 bits per heavy atom. The highest BCUT2D eigenvalue weighted by molar-refractivity contribution is 8.00. The van der Waals surface area contributed by atoms with Gasteiger partial charge in [-0.25, -0.2) is 4.39 Å². The average molecular weight is 286 g/mol. The Balaban J connectivity index is 1.91. The Morgan fingerprint density at radius 3 is 2.80 bits per heavy atom. The van der Waals surface area contributed by atoms with Gasteiger partial charge in [0.05, 0.1) is 17.4 Å². The highest BCUT2D eigenvalue weighted by Crippen LogP contribution is 2.19. The van der Waals surface area contributed by atoms with Crippen molar-refractivity contribution in [3.8, 4) is 6.07 Å². The molecule has 2 aromatic rings. The summed E-state index contributed by atoms with van der Waals surface area (Å²) in [5, 5.41) is 11.5. The molecule has 1 amide bonds. The van der Waals surface area contributed by atoms with Crippen LogP contribution >= 0.6 is 11.8 Å². The SMILES string of the molecule is N#Cc1cccc(NC(=O)CSc2cccc(F)c2)c1. The van der Waals surface area contributed by atoms with Crippen LogP contribution in [0.15, 0.2) is 53.4 Å². The highest BCUT2D eigenvalue weighted by Gasteiger charge is 2.05. The predicted molar refractivity (Wildman–Crippen MR) is 76.9 cm³/mol. The molecule has 0 atom stereocenters. The number of carbonyl (C=O) groups excluding carboxylic acids is 1. The van der Waals surface area contributed by atoms with Crippen molar-refractivity contribution in [1.29, 1.82) is 5.26 Å². The lowest BCUT2D eigenvalue weighted by Crippen LogP contribution is -2.13. The summed E-state index contributed by atoms with van der Waals surface area (Å²) in [6.07, 6.45) is 0. The van der Waals surface area contributed by atoms with Crippen LogP contribution in [0.5, 0.6) is 0 Å². The minimum Gasteiger partial charge on any atom is -0.325 e. The van der Waals surface area contributed by atoms with Crippen LogP contribution in [0.4, 0.5) is 10.1 Å². The van der Waals surface area contributed by atoms with E-state index in [1.165, 1.54) is 23.9 Å². The number of thioether (sulfide) groups is 1. The van der Waals surface area contributed by atoms with Crippen LogP contribution in [0, 0.1) is 17.1 Å². The molecular weight excluding hydrogens is 275 g/mol. The first-order valence-corrected chi connectivity index (χ1v) is 6.84. The zero-order chi connectivity index (χ0) is 14.4. The molecule has 3 nitrogen and oxygen atoms in total. The molecule has 0 spiro atoms. The van der Waals surface area contributed by atoms with Gasteiger partial charge in [0.1, 0.15) is 5.82 Å². The van der Waals surface area contributed by atoms with Crippen LogP contribution in [0.25, 0.3) is 0 Å². The number of hydrogen-bond acceptors (Lipinski definition) is 3. The van der Waals surface area contributed by atoms with Gasteiger partial charge in [-0.2, -0.15) is 5.26 Å². The number of anilines is 1. The summed E-state index contributed by atoms with van der Waals surface area (Å²) in [5.74, 6) is -0.341. The van der Waals surface area contributed by atoms with Gasteiger partial charge in [-0.3, -0.25) is 4.79 Å². The lowest BCUT2D eigenvalue weighted by Gasteiger charge is -2.05. The normalized spacial score (nSPS) is 9.80. The highest BCUT2D eigenvalue weighted by atomic mass is 32.2. The molecule has 5 heteroatoms. The third kappa shape index (κ3) is 4.11. The third-order valence-electron chi connectivity index (χ3n) is 2.44. The van der Waals surface area contributed by atoms with Crippen molar-refractivity contribution in [3.63, 3.8) is 0 Å². The van der Waals surface area contributed by atoms with Gasteiger partial charge in [-0.15, -0.1) is 11.8 Å². The summed E-state index contributed by atoms with van der Waals surface area (Å²) in [5.41, 5.74) is 1.06. The molecule has 0 aliphatic heterocycles. The van der Waals surface area contributed by atoms with E-state index < -0.39 is 0 Å². The Bertz CT molecular complexity index is 667. The van der Waals surface area contributed by atoms with Gasteiger partial charge in [0.2, 0.25) is 5.91 Å². The summed E-state index contributed by atoms with van der Waals surface area (Å²) in [6.45, 7) is 0. The quantitative estimate of drug-likeness (QED) is 0.876. The summed E-state index contributed by atoms with van der Waals surface area (Å²) in [7, 11) is 0. The molecule has 0 aliphatic carbocycles. The van der Waals surface area contributed by atoms with Gasteiger partial charge in [-0.05, 0) is 36.4 Å².